The second-order valence-electron chi connectivity index (χ2n) is 3.71. The average Bonchev–Trinajstić information content (AvgIpc) is 1.93. The molecule has 1 fully saturated rings. The van der Waals surface area contributed by atoms with E-state index < -0.39 is 11.8 Å². The summed E-state index contributed by atoms with van der Waals surface area (Å²) in [5, 5.41) is 9.20. The van der Waals surface area contributed by atoms with Gasteiger partial charge in [0.05, 0.1) is 0 Å². The minimum Gasteiger partial charge on any atom is -0.380 e. The Morgan fingerprint density at radius 2 is 1.67 bits per heavy atom. The van der Waals surface area contributed by atoms with E-state index in [9.17, 15) is 18.3 Å². The van der Waals surface area contributed by atoms with E-state index in [2.05, 4.69) is 0 Å². The van der Waals surface area contributed by atoms with Crippen LogP contribution in [-0.2, 0) is 0 Å². The van der Waals surface area contributed by atoms with Crippen LogP contribution in [0.2, 0.25) is 0 Å². The van der Waals surface area contributed by atoms with Crippen LogP contribution in [0.15, 0.2) is 0 Å². The lowest BCUT2D eigenvalue weighted by atomic mass is 9.79. The lowest BCUT2D eigenvalue weighted by molar-refractivity contribution is -0.271. The molecule has 12 heavy (non-hydrogen) atoms. The van der Waals surface area contributed by atoms with Gasteiger partial charge in [-0.2, -0.15) is 13.2 Å². The van der Waals surface area contributed by atoms with Gasteiger partial charge in [-0.3, -0.25) is 0 Å². The second-order valence-corrected chi connectivity index (χ2v) is 3.71. The first-order chi connectivity index (χ1) is 5.35. The number of hydrogen-bond acceptors (Lipinski definition) is 1. The van der Waals surface area contributed by atoms with Crippen molar-refractivity contribution in [3.8, 4) is 0 Å². The van der Waals surface area contributed by atoms with Gasteiger partial charge >= 0.3 is 6.18 Å². The summed E-state index contributed by atoms with van der Waals surface area (Å²) < 4.78 is 36.6. The molecule has 0 bridgehead atoms. The fourth-order valence-corrected chi connectivity index (χ4v) is 1.52. The Balaban J connectivity index is 2.62. The van der Waals surface area contributed by atoms with Crippen LogP contribution in [0, 0.1) is 5.92 Å². The molecule has 0 aromatic carbocycles. The van der Waals surface area contributed by atoms with Crippen LogP contribution >= 0.6 is 0 Å². The lowest BCUT2D eigenvalue weighted by Gasteiger charge is -2.36. The summed E-state index contributed by atoms with van der Waals surface area (Å²) in [6.07, 6.45) is -3.80. The highest BCUT2D eigenvalue weighted by Gasteiger charge is 2.54. The van der Waals surface area contributed by atoms with Crippen molar-refractivity contribution in [1.29, 1.82) is 0 Å². The van der Waals surface area contributed by atoms with Crippen LogP contribution in [-0.4, -0.2) is 16.9 Å². The van der Waals surface area contributed by atoms with Crippen LogP contribution in [0.3, 0.4) is 0 Å². The van der Waals surface area contributed by atoms with Crippen LogP contribution < -0.4 is 0 Å². The smallest absolute Gasteiger partial charge is 0.380 e. The Kier molecular flexibility index (Phi) is 2.38. The van der Waals surface area contributed by atoms with Gasteiger partial charge in [0.2, 0.25) is 0 Å². The summed E-state index contributed by atoms with van der Waals surface area (Å²) in [6.45, 7) is 1.91. The first-order valence-corrected chi connectivity index (χ1v) is 4.14. The molecular weight excluding hydrogens is 169 g/mol. The van der Waals surface area contributed by atoms with E-state index >= 15 is 0 Å². The highest BCUT2D eigenvalue weighted by Crippen LogP contribution is 2.42. The maximum absolute atomic E-state index is 12.2. The topological polar surface area (TPSA) is 20.2 Å². The third-order valence-corrected chi connectivity index (χ3v) is 2.63. The first kappa shape index (κ1) is 9.84. The van der Waals surface area contributed by atoms with Crippen molar-refractivity contribution in [2.45, 2.75) is 44.4 Å². The zero-order valence-electron chi connectivity index (χ0n) is 6.99. The van der Waals surface area contributed by atoms with Gasteiger partial charge < -0.3 is 5.11 Å². The molecule has 0 aromatic heterocycles. The van der Waals surface area contributed by atoms with Gasteiger partial charge in [0, 0.05) is 0 Å². The molecule has 0 saturated heterocycles. The first-order valence-electron chi connectivity index (χ1n) is 4.14. The maximum Gasteiger partial charge on any atom is 0.417 e. The predicted molar refractivity (Wildman–Crippen MR) is 38.6 cm³/mol. The van der Waals surface area contributed by atoms with Gasteiger partial charge in [0.15, 0.2) is 5.60 Å². The number of halogens is 3. The largest absolute Gasteiger partial charge is 0.417 e. The van der Waals surface area contributed by atoms with Crippen molar-refractivity contribution in [2.75, 3.05) is 0 Å². The quantitative estimate of drug-likeness (QED) is 0.610. The van der Waals surface area contributed by atoms with E-state index in [1.165, 1.54) is 0 Å². The van der Waals surface area contributed by atoms with Gasteiger partial charge in [0.1, 0.15) is 0 Å². The van der Waals surface area contributed by atoms with Crippen molar-refractivity contribution < 1.29 is 18.3 Å². The second kappa shape index (κ2) is 2.91. The Labute approximate surface area is 69.6 Å². The number of aliphatic hydroxyl groups is 1. The highest BCUT2D eigenvalue weighted by molar-refractivity contribution is 4.90. The molecule has 1 saturated carbocycles. The molecular formula is C8H13F3O. The minimum absolute atomic E-state index is 0.141. The summed E-state index contributed by atoms with van der Waals surface area (Å²) >= 11 is 0. The van der Waals surface area contributed by atoms with Crippen LogP contribution in [0.25, 0.3) is 0 Å². The average molecular weight is 182 g/mol. The zero-order valence-corrected chi connectivity index (χ0v) is 6.99. The predicted octanol–water partition coefficient (Wildman–Crippen LogP) is 2.49. The molecule has 0 spiro atoms. The van der Waals surface area contributed by atoms with E-state index in [4.69, 9.17) is 0 Å². The van der Waals surface area contributed by atoms with Gasteiger partial charge in [-0.05, 0) is 31.6 Å². The summed E-state index contributed by atoms with van der Waals surface area (Å²) in [6, 6.07) is 0. The van der Waals surface area contributed by atoms with E-state index in [1.54, 1.807) is 0 Å². The maximum atomic E-state index is 12.2. The third-order valence-electron chi connectivity index (χ3n) is 2.63. The molecule has 0 aromatic rings. The molecule has 1 rings (SSSR count). The van der Waals surface area contributed by atoms with Crippen LogP contribution in [0.5, 0.6) is 0 Å². The summed E-state index contributed by atoms with van der Waals surface area (Å²) in [5.74, 6) is 0.313. The zero-order chi connectivity index (χ0) is 9.41. The SMILES string of the molecule is CC1CCC(O)(C(F)(F)F)CC1. The van der Waals surface area contributed by atoms with Crippen molar-refractivity contribution in [2.24, 2.45) is 5.92 Å². The van der Waals surface area contributed by atoms with Crippen molar-refractivity contribution in [1.82, 2.24) is 0 Å². The molecule has 72 valence electrons. The number of rotatable bonds is 0. The molecule has 1 N–H and O–H groups in total. The Morgan fingerprint density at radius 1 is 1.25 bits per heavy atom. The van der Waals surface area contributed by atoms with Crippen LogP contribution in [0.1, 0.15) is 32.6 Å². The van der Waals surface area contributed by atoms with Crippen molar-refractivity contribution >= 4 is 0 Å². The van der Waals surface area contributed by atoms with E-state index in [-0.39, 0.29) is 12.8 Å². The molecule has 0 aliphatic heterocycles. The molecule has 1 aliphatic carbocycles. The normalized spacial score (nSPS) is 38.2. The molecule has 0 radical (unpaired) electrons. The summed E-state index contributed by atoms with van der Waals surface area (Å²) in [7, 11) is 0. The monoisotopic (exact) mass is 182 g/mol. The summed E-state index contributed by atoms with van der Waals surface area (Å²) in [4.78, 5) is 0. The molecule has 0 heterocycles. The lowest BCUT2D eigenvalue weighted by Crippen LogP contribution is -2.47. The fourth-order valence-electron chi connectivity index (χ4n) is 1.52. The third kappa shape index (κ3) is 1.73. The Hall–Kier alpha value is -0.250. The van der Waals surface area contributed by atoms with E-state index in [1.807, 2.05) is 6.92 Å². The van der Waals surface area contributed by atoms with Gasteiger partial charge in [0.25, 0.3) is 0 Å². The van der Waals surface area contributed by atoms with Gasteiger partial charge in [-0.1, -0.05) is 6.92 Å². The number of hydrogen-bond donors (Lipinski definition) is 1. The van der Waals surface area contributed by atoms with Gasteiger partial charge in [-0.15, -0.1) is 0 Å². The molecule has 1 aliphatic rings. The molecule has 4 heteroatoms. The van der Waals surface area contributed by atoms with E-state index in [0.29, 0.717) is 18.8 Å². The standard InChI is InChI=1S/C8H13F3O/c1-6-2-4-7(12,5-3-6)8(9,10)11/h6,12H,2-5H2,1H3. The minimum atomic E-state index is -4.45. The molecule has 0 unspecified atom stereocenters. The van der Waals surface area contributed by atoms with Crippen molar-refractivity contribution in [3.05, 3.63) is 0 Å². The van der Waals surface area contributed by atoms with Crippen molar-refractivity contribution in [3.63, 3.8) is 0 Å². The molecule has 0 atom stereocenters. The van der Waals surface area contributed by atoms with Crippen LogP contribution in [0.4, 0.5) is 13.2 Å². The highest BCUT2D eigenvalue weighted by atomic mass is 19.4. The summed E-state index contributed by atoms with van der Waals surface area (Å²) in [5.41, 5.74) is -2.40. The molecule has 1 nitrogen and oxygen atoms in total. The number of alkyl halides is 3. The Bertz CT molecular complexity index is 156. The van der Waals surface area contributed by atoms with E-state index in [0.717, 1.165) is 0 Å². The van der Waals surface area contributed by atoms with Gasteiger partial charge in [-0.25, -0.2) is 0 Å². The Morgan fingerprint density at radius 3 is 2.00 bits per heavy atom. The molecule has 0 amide bonds. The fraction of sp³-hybridized carbons (Fsp3) is 1.00.